The van der Waals surface area contributed by atoms with Crippen molar-refractivity contribution in [2.45, 2.75) is 19.9 Å². The van der Waals surface area contributed by atoms with Gasteiger partial charge in [-0.05, 0) is 18.2 Å². The van der Waals surface area contributed by atoms with Crippen LogP contribution in [0.4, 0.5) is 0 Å². The minimum atomic E-state index is -0.196. The minimum absolute atomic E-state index is 0.176. The molecule has 6 nitrogen and oxygen atoms in total. The van der Waals surface area contributed by atoms with Crippen LogP contribution in [0.2, 0.25) is 0 Å². The van der Waals surface area contributed by atoms with Gasteiger partial charge in [-0.2, -0.15) is 0 Å². The fraction of sp³-hybridized carbons (Fsp3) is 0.267. The highest BCUT2D eigenvalue weighted by atomic mass is 32.1. The van der Waals surface area contributed by atoms with Gasteiger partial charge < -0.3 is 15.0 Å². The molecule has 0 bridgehead atoms. The zero-order valence-corrected chi connectivity index (χ0v) is 12.9. The van der Waals surface area contributed by atoms with Gasteiger partial charge in [-0.25, -0.2) is 9.97 Å². The number of benzene rings is 1. The zero-order chi connectivity index (χ0) is 15.5. The van der Waals surface area contributed by atoms with Crippen molar-refractivity contribution in [3.05, 3.63) is 41.4 Å². The molecule has 2 N–H and O–H groups in total. The highest BCUT2D eigenvalue weighted by Gasteiger charge is 2.12. The first-order valence-corrected chi connectivity index (χ1v) is 7.87. The van der Waals surface area contributed by atoms with Gasteiger partial charge in [-0.3, -0.25) is 4.79 Å². The summed E-state index contributed by atoms with van der Waals surface area (Å²) in [5, 5.41) is 12.7. The summed E-state index contributed by atoms with van der Waals surface area (Å²) in [7, 11) is 0. The van der Waals surface area contributed by atoms with Crippen molar-refractivity contribution in [1.82, 2.24) is 19.9 Å². The van der Waals surface area contributed by atoms with E-state index < -0.39 is 0 Å². The molecular formula is C15H16N4O2S. The van der Waals surface area contributed by atoms with Crippen LogP contribution < -0.4 is 5.32 Å². The Morgan fingerprint density at radius 1 is 1.45 bits per heavy atom. The number of carbonyl (C=O) groups excluding carboxylic acids is 1. The Kier molecular flexibility index (Phi) is 4.06. The largest absolute Gasteiger partial charge is 0.508 e. The van der Waals surface area contributed by atoms with E-state index >= 15 is 0 Å². The summed E-state index contributed by atoms with van der Waals surface area (Å²) >= 11 is 1.27. The highest BCUT2D eigenvalue weighted by molar-refractivity contribution is 7.20. The molecule has 0 saturated carbocycles. The number of aryl methyl sites for hydroxylation is 1. The van der Waals surface area contributed by atoms with Crippen LogP contribution in [-0.4, -0.2) is 32.1 Å². The van der Waals surface area contributed by atoms with Crippen LogP contribution in [0.1, 0.15) is 22.6 Å². The Bertz CT molecular complexity index is 809. The van der Waals surface area contributed by atoms with E-state index in [4.69, 9.17) is 0 Å². The van der Waals surface area contributed by atoms with Gasteiger partial charge in [-0.15, -0.1) is 11.3 Å². The first-order valence-electron chi connectivity index (χ1n) is 7.05. The number of imidazole rings is 1. The number of hydrogen-bond acceptors (Lipinski definition) is 5. The van der Waals surface area contributed by atoms with Crippen molar-refractivity contribution < 1.29 is 9.90 Å². The maximum atomic E-state index is 12.1. The number of fused-ring (bicyclic) bond motifs is 1. The number of nitrogens with zero attached hydrogens (tertiary/aromatic N) is 3. The summed E-state index contributed by atoms with van der Waals surface area (Å²) in [6.07, 6.45) is 4.54. The number of phenolic OH excluding ortho intramolecular Hbond substituents is 1. The second-order valence-corrected chi connectivity index (χ2v) is 5.85. The summed E-state index contributed by atoms with van der Waals surface area (Å²) < 4.78 is 2.82. The third kappa shape index (κ3) is 2.94. The lowest BCUT2D eigenvalue weighted by atomic mass is 10.3. The predicted octanol–water partition coefficient (Wildman–Crippen LogP) is 2.19. The molecule has 0 spiro atoms. The Hall–Kier alpha value is -2.41. The molecule has 2 aromatic heterocycles. The smallest absolute Gasteiger partial charge is 0.280 e. The zero-order valence-electron chi connectivity index (χ0n) is 12.1. The lowest BCUT2D eigenvalue weighted by Crippen LogP contribution is -2.27. The molecule has 2 heterocycles. The fourth-order valence-electron chi connectivity index (χ4n) is 2.23. The molecule has 0 unspecified atom stereocenters. The van der Waals surface area contributed by atoms with E-state index in [1.165, 1.54) is 11.3 Å². The van der Waals surface area contributed by atoms with Crippen molar-refractivity contribution in [2.24, 2.45) is 0 Å². The van der Waals surface area contributed by atoms with Crippen LogP contribution in [0.5, 0.6) is 5.75 Å². The minimum Gasteiger partial charge on any atom is -0.508 e. The van der Waals surface area contributed by atoms with Crippen molar-refractivity contribution in [3.8, 4) is 5.75 Å². The number of carbonyl (C=O) groups is 1. The molecule has 3 rings (SSSR count). The van der Waals surface area contributed by atoms with E-state index in [0.717, 1.165) is 22.5 Å². The topological polar surface area (TPSA) is 80.0 Å². The molecule has 1 aromatic carbocycles. The van der Waals surface area contributed by atoms with E-state index in [-0.39, 0.29) is 11.7 Å². The SMILES string of the molecule is CCc1nccn1CCNC(=O)c1nc2ccc(O)cc2s1. The number of phenols is 1. The van der Waals surface area contributed by atoms with Crippen LogP contribution in [0.25, 0.3) is 10.2 Å². The first kappa shape index (κ1) is 14.5. The number of rotatable bonds is 5. The standard InChI is InChI=1S/C15H16N4O2S/c1-2-13-16-5-7-19(13)8-6-17-14(21)15-18-11-4-3-10(20)9-12(11)22-15/h3-5,7,9,20H,2,6,8H2,1H3,(H,17,21). The molecule has 0 atom stereocenters. The van der Waals surface area contributed by atoms with E-state index in [0.29, 0.717) is 18.1 Å². The van der Waals surface area contributed by atoms with Gasteiger partial charge in [-0.1, -0.05) is 6.92 Å². The molecule has 0 radical (unpaired) electrons. The Labute approximate surface area is 131 Å². The Morgan fingerprint density at radius 3 is 3.14 bits per heavy atom. The lowest BCUT2D eigenvalue weighted by molar-refractivity contribution is 0.0952. The molecule has 3 aromatic rings. The highest BCUT2D eigenvalue weighted by Crippen LogP contribution is 2.25. The van der Waals surface area contributed by atoms with E-state index in [2.05, 4.69) is 15.3 Å². The quantitative estimate of drug-likeness (QED) is 0.756. The van der Waals surface area contributed by atoms with Gasteiger partial charge in [0.1, 0.15) is 11.6 Å². The Balaban J connectivity index is 1.63. The maximum Gasteiger partial charge on any atom is 0.280 e. The second kappa shape index (κ2) is 6.15. The lowest BCUT2D eigenvalue weighted by Gasteiger charge is -2.06. The van der Waals surface area contributed by atoms with E-state index in [1.54, 1.807) is 24.4 Å². The average molecular weight is 316 g/mol. The van der Waals surface area contributed by atoms with E-state index in [1.807, 2.05) is 17.7 Å². The predicted molar refractivity (Wildman–Crippen MR) is 85.2 cm³/mol. The van der Waals surface area contributed by atoms with Gasteiger partial charge in [0.25, 0.3) is 5.91 Å². The molecule has 1 amide bonds. The third-order valence-corrected chi connectivity index (χ3v) is 4.34. The number of nitrogens with one attached hydrogen (secondary N) is 1. The maximum absolute atomic E-state index is 12.1. The van der Waals surface area contributed by atoms with Crippen LogP contribution >= 0.6 is 11.3 Å². The van der Waals surface area contributed by atoms with Gasteiger partial charge in [0.05, 0.1) is 10.2 Å². The molecule has 0 aliphatic carbocycles. The summed E-state index contributed by atoms with van der Waals surface area (Å²) in [6, 6.07) is 4.88. The summed E-state index contributed by atoms with van der Waals surface area (Å²) in [5.41, 5.74) is 0.718. The van der Waals surface area contributed by atoms with Crippen LogP contribution in [0, 0.1) is 0 Å². The van der Waals surface area contributed by atoms with Gasteiger partial charge in [0.2, 0.25) is 0 Å². The van der Waals surface area contributed by atoms with Crippen molar-refractivity contribution >= 4 is 27.5 Å². The molecule has 0 fully saturated rings. The number of amides is 1. The van der Waals surface area contributed by atoms with Crippen LogP contribution in [0.3, 0.4) is 0 Å². The summed E-state index contributed by atoms with van der Waals surface area (Å²) in [6.45, 7) is 3.25. The van der Waals surface area contributed by atoms with Crippen molar-refractivity contribution in [2.75, 3.05) is 6.54 Å². The molecule has 0 aliphatic rings. The van der Waals surface area contributed by atoms with Gasteiger partial charge in [0.15, 0.2) is 5.01 Å². The summed E-state index contributed by atoms with van der Waals surface area (Å²) in [4.78, 5) is 20.7. The van der Waals surface area contributed by atoms with Crippen LogP contribution in [-0.2, 0) is 13.0 Å². The molecule has 22 heavy (non-hydrogen) atoms. The van der Waals surface area contributed by atoms with Gasteiger partial charge in [0, 0.05) is 31.9 Å². The molecular weight excluding hydrogens is 300 g/mol. The number of aromatic hydroxyl groups is 1. The van der Waals surface area contributed by atoms with Crippen molar-refractivity contribution in [1.29, 1.82) is 0 Å². The normalized spacial score (nSPS) is 11.0. The monoisotopic (exact) mass is 316 g/mol. The molecule has 114 valence electrons. The second-order valence-electron chi connectivity index (χ2n) is 4.82. The number of thiazole rings is 1. The average Bonchev–Trinajstić information content (AvgIpc) is 3.12. The first-order chi connectivity index (χ1) is 10.7. The van der Waals surface area contributed by atoms with Gasteiger partial charge >= 0.3 is 0 Å². The molecule has 0 saturated heterocycles. The van der Waals surface area contributed by atoms with Crippen molar-refractivity contribution in [3.63, 3.8) is 0 Å². The third-order valence-electron chi connectivity index (χ3n) is 3.32. The number of hydrogen-bond donors (Lipinski definition) is 2. The summed E-state index contributed by atoms with van der Waals surface area (Å²) in [5.74, 6) is 0.985. The van der Waals surface area contributed by atoms with Crippen LogP contribution in [0.15, 0.2) is 30.6 Å². The number of aromatic nitrogens is 3. The molecule has 0 aliphatic heterocycles. The Morgan fingerprint density at radius 2 is 2.32 bits per heavy atom. The molecule has 7 heteroatoms. The fourth-order valence-corrected chi connectivity index (χ4v) is 3.15. The van der Waals surface area contributed by atoms with E-state index in [9.17, 15) is 9.90 Å².